The molecule has 0 aliphatic heterocycles. The molecule has 0 saturated heterocycles. The summed E-state index contributed by atoms with van der Waals surface area (Å²) in [6.07, 6.45) is -0.741. The van der Waals surface area contributed by atoms with Gasteiger partial charge < -0.3 is 54.8 Å². The maximum absolute atomic E-state index is 12.9. The standard InChI is InChI=1S/C19H38N10O6/c1-9(20)14(31)29-13(10(2)30)16(33)27-11(5-3-7-25-18(21)22)15(32)28-12(17(34)35)6-4-8-26-19(23)24/h9-13,30H,3-8,20H2,1-2H3,(H,27,33)(H,28,32)(H,29,31)(H,34,35)(H4,21,22,25)(H4,23,24,26). The summed E-state index contributed by atoms with van der Waals surface area (Å²) in [6.45, 7) is 2.97. The molecule has 3 amide bonds. The van der Waals surface area contributed by atoms with E-state index in [1.165, 1.54) is 13.8 Å². The molecule has 200 valence electrons. The summed E-state index contributed by atoms with van der Waals surface area (Å²) < 4.78 is 0. The number of carboxylic acid groups (broad SMARTS) is 1. The van der Waals surface area contributed by atoms with Crippen LogP contribution in [0.3, 0.4) is 0 Å². The number of carbonyl (C=O) groups is 4. The van der Waals surface area contributed by atoms with Crippen molar-refractivity contribution in [2.75, 3.05) is 13.1 Å². The lowest BCUT2D eigenvalue weighted by atomic mass is 10.1. The van der Waals surface area contributed by atoms with Gasteiger partial charge in [-0.15, -0.1) is 0 Å². The number of guanidine groups is 2. The normalized spacial score (nSPS) is 14.9. The number of aliphatic carboxylic acids is 1. The van der Waals surface area contributed by atoms with Gasteiger partial charge in [0.15, 0.2) is 11.9 Å². The van der Waals surface area contributed by atoms with E-state index in [4.69, 9.17) is 28.7 Å². The number of hydrogen-bond acceptors (Lipinski definition) is 8. The number of rotatable bonds is 16. The van der Waals surface area contributed by atoms with Crippen LogP contribution < -0.4 is 44.6 Å². The van der Waals surface area contributed by atoms with Crippen LogP contribution in [0.1, 0.15) is 39.5 Å². The molecule has 5 atom stereocenters. The van der Waals surface area contributed by atoms with Crippen LogP contribution in [-0.4, -0.2) is 89.2 Å². The number of nitrogens with two attached hydrogens (primary N) is 5. The molecule has 0 radical (unpaired) electrons. The molecule has 0 aromatic carbocycles. The Balaban J connectivity index is 5.48. The minimum absolute atomic E-state index is 0.0211. The van der Waals surface area contributed by atoms with Gasteiger partial charge in [0.25, 0.3) is 0 Å². The fourth-order valence-corrected chi connectivity index (χ4v) is 2.76. The number of hydrogen-bond donors (Lipinski definition) is 10. The third-order valence-electron chi connectivity index (χ3n) is 4.61. The Hall–Kier alpha value is -3.66. The summed E-state index contributed by atoms with van der Waals surface area (Å²) in [4.78, 5) is 56.7. The highest BCUT2D eigenvalue weighted by atomic mass is 16.4. The highest BCUT2D eigenvalue weighted by Crippen LogP contribution is 2.05. The third-order valence-corrected chi connectivity index (χ3v) is 4.61. The minimum Gasteiger partial charge on any atom is -0.480 e. The molecule has 0 aliphatic carbocycles. The van der Waals surface area contributed by atoms with Crippen molar-refractivity contribution in [2.24, 2.45) is 38.7 Å². The van der Waals surface area contributed by atoms with Crippen LogP contribution >= 0.6 is 0 Å². The van der Waals surface area contributed by atoms with Gasteiger partial charge in [-0.1, -0.05) is 0 Å². The van der Waals surface area contributed by atoms with E-state index in [-0.39, 0.29) is 50.7 Å². The molecule has 0 rings (SSSR count). The Bertz CT molecular complexity index is 778. The van der Waals surface area contributed by atoms with E-state index < -0.39 is 54.0 Å². The molecular weight excluding hydrogens is 464 g/mol. The summed E-state index contributed by atoms with van der Waals surface area (Å²) >= 11 is 0. The molecule has 0 fully saturated rings. The molecule has 16 heteroatoms. The highest BCUT2D eigenvalue weighted by Gasteiger charge is 2.31. The molecule has 0 spiro atoms. The summed E-state index contributed by atoms with van der Waals surface area (Å²) in [5, 5.41) is 26.5. The molecule has 16 nitrogen and oxygen atoms in total. The predicted molar refractivity (Wildman–Crippen MR) is 129 cm³/mol. The lowest BCUT2D eigenvalue weighted by molar-refractivity contribution is -0.142. The van der Waals surface area contributed by atoms with E-state index in [0.717, 1.165) is 0 Å². The first-order valence-corrected chi connectivity index (χ1v) is 10.9. The van der Waals surface area contributed by atoms with Gasteiger partial charge in [-0.3, -0.25) is 24.4 Å². The lowest BCUT2D eigenvalue weighted by Gasteiger charge is -2.26. The number of aliphatic hydroxyl groups is 1. The number of aliphatic hydroxyl groups excluding tert-OH is 1. The number of carboxylic acids is 1. The van der Waals surface area contributed by atoms with Crippen LogP contribution in [0.5, 0.6) is 0 Å². The van der Waals surface area contributed by atoms with E-state index in [1.54, 1.807) is 0 Å². The molecule has 0 heterocycles. The number of nitrogens with zero attached hydrogens (tertiary/aromatic N) is 2. The predicted octanol–water partition coefficient (Wildman–Crippen LogP) is -4.64. The van der Waals surface area contributed by atoms with Crippen molar-refractivity contribution in [1.29, 1.82) is 0 Å². The number of amides is 3. The van der Waals surface area contributed by atoms with Crippen LogP contribution in [0, 0.1) is 0 Å². The Morgan fingerprint density at radius 1 is 0.771 bits per heavy atom. The van der Waals surface area contributed by atoms with E-state index >= 15 is 0 Å². The monoisotopic (exact) mass is 502 g/mol. The van der Waals surface area contributed by atoms with Crippen molar-refractivity contribution >= 4 is 35.6 Å². The zero-order valence-corrected chi connectivity index (χ0v) is 19.9. The Morgan fingerprint density at radius 2 is 1.23 bits per heavy atom. The largest absolute Gasteiger partial charge is 0.480 e. The molecule has 0 aliphatic rings. The van der Waals surface area contributed by atoms with Gasteiger partial charge in [0, 0.05) is 13.1 Å². The van der Waals surface area contributed by atoms with Crippen molar-refractivity contribution in [1.82, 2.24) is 16.0 Å². The average Bonchev–Trinajstić information content (AvgIpc) is 2.74. The zero-order chi connectivity index (χ0) is 27.1. The topological polar surface area (TPSA) is 300 Å². The second-order valence-corrected chi connectivity index (χ2v) is 7.87. The maximum atomic E-state index is 12.9. The Morgan fingerprint density at radius 3 is 1.63 bits per heavy atom. The third kappa shape index (κ3) is 13.6. The van der Waals surface area contributed by atoms with Crippen molar-refractivity contribution < 1.29 is 29.4 Å². The number of carbonyl (C=O) groups excluding carboxylic acids is 3. The highest BCUT2D eigenvalue weighted by molar-refractivity contribution is 5.94. The van der Waals surface area contributed by atoms with Gasteiger partial charge >= 0.3 is 5.97 Å². The Kier molecular flexibility index (Phi) is 14.4. The first-order valence-electron chi connectivity index (χ1n) is 10.9. The van der Waals surface area contributed by atoms with Crippen LogP contribution in [-0.2, 0) is 19.2 Å². The van der Waals surface area contributed by atoms with Crippen LogP contribution in [0.15, 0.2) is 9.98 Å². The molecule has 0 aromatic rings. The maximum Gasteiger partial charge on any atom is 0.326 e. The van der Waals surface area contributed by atoms with Gasteiger partial charge in [0.1, 0.15) is 18.1 Å². The molecule has 0 saturated carbocycles. The molecule has 0 aromatic heterocycles. The van der Waals surface area contributed by atoms with Gasteiger partial charge in [0.2, 0.25) is 17.7 Å². The second-order valence-electron chi connectivity index (χ2n) is 7.87. The zero-order valence-electron chi connectivity index (χ0n) is 19.9. The van der Waals surface area contributed by atoms with E-state index in [1.807, 2.05) is 0 Å². The van der Waals surface area contributed by atoms with Gasteiger partial charge in [-0.2, -0.15) is 0 Å². The number of aliphatic imine (C=N–C) groups is 2. The second kappa shape index (κ2) is 16.0. The summed E-state index contributed by atoms with van der Waals surface area (Å²) in [6, 6.07) is -4.85. The molecule has 5 unspecified atom stereocenters. The number of nitrogens with one attached hydrogen (secondary N) is 3. The Labute approximate surface area is 203 Å². The smallest absolute Gasteiger partial charge is 0.326 e. The first kappa shape index (κ1) is 31.3. The summed E-state index contributed by atoms with van der Waals surface area (Å²) in [5.41, 5.74) is 26.5. The minimum atomic E-state index is -1.41. The van der Waals surface area contributed by atoms with Gasteiger partial charge in [0.05, 0.1) is 12.1 Å². The lowest BCUT2D eigenvalue weighted by Crippen LogP contribution is -2.59. The van der Waals surface area contributed by atoms with E-state index in [9.17, 15) is 29.4 Å². The van der Waals surface area contributed by atoms with Crippen LogP contribution in [0.2, 0.25) is 0 Å². The quantitative estimate of drug-likeness (QED) is 0.0543. The van der Waals surface area contributed by atoms with Gasteiger partial charge in [-0.05, 0) is 39.5 Å². The van der Waals surface area contributed by atoms with Crippen LogP contribution in [0.25, 0.3) is 0 Å². The van der Waals surface area contributed by atoms with Crippen molar-refractivity contribution in [2.45, 2.75) is 69.8 Å². The van der Waals surface area contributed by atoms with E-state index in [0.29, 0.717) is 0 Å². The first-order chi connectivity index (χ1) is 16.3. The fraction of sp³-hybridized carbons (Fsp3) is 0.684. The van der Waals surface area contributed by atoms with Crippen LogP contribution in [0.4, 0.5) is 0 Å². The van der Waals surface area contributed by atoms with Gasteiger partial charge in [-0.25, -0.2) is 4.79 Å². The summed E-state index contributed by atoms with van der Waals surface area (Å²) in [5.74, 6) is -3.94. The molecule has 35 heavy (non-hydrogen) atoms. The fourth-order valence-electron chi connectivity index (χ4n) is 2.76. The molecular formula is C19H38N10O6. The molecule has 0 bridgehead atoms. The average molecular weight is 503 g/mol. The van der Waals surface area contributed by atoms with E-state index in [2.05, 4.69) is 25.9 Å². The molecule has 15 N–H and O–H groups in total. The SMILES string of the molecule is CC(N)C(=O)NC(C(=O)NC(CCCN=C(N)N)C(=O)NC(CCCN=C(N)N)C(=O)O)C(C)O. The summed E-state index contributed by atoms with van der Waals surface area (Å²) in [7, 11) is 0. The van der Waals surface area contributed by atoms with Crippen molar-refractivity contribution in [3.05, 3.63) is 0 Å². The van der Waals surface area contributed by atoms with Crippen molar-refractivity contribution in [3.63, 3.8) is 0 Å². The van der Waals surface area contributed by atoms with Crippen molar-refractivity contribution in [3.8, 4) is 0 Å².